The van der Waals surface area contributed by atoms with Crippen molar-refractivity contribution in [1.29, 1.82) is 0 Å². The highest BCUT2D eigenvalue weighted by Gasteiger charge is 2.33. The van der Waals surface area contributed by atoms with Crippen LogP contribution in [0.25, 0.3) is 11.1 Å². The highest BCUT2D eigenvalue weighted by molar-refractivity contribution is 6.36. The Morgan fingerprint density at radius 1 is 1.29 bits per heavy atom. The molecule has 0 saturated heterocycles. The van der Waals surface area contributed by atoms with Crippen molar-refractivity contribution in [3.8, 4) is 0 Å². The highest BCUT2D eigenvalue weighted by atomic mass is 19.1. The van der Waals surface area contributed by atoms with Crippen molar-refractivity contribution in [3.63, 3.8) is 0 Å². The minimum absolute atomic E-state index is 0.275. The third-order valence-corrected chi connectivity index (χ3v) is 4.69. The molecule has 0 bridgehead atoms. The molecule has 2 aromatic rings. The number of halogens is 1. The second-order valence-electron chi connectivity index (χ2n) is 6.13. The van der Waals surface area contributed by atoms with Crippen LogP contribution in [0.1, 0.15) is 45.7 Å². The number of H-pyrrole nitrogens is 1. The molecule has 1 aromatic carbocycles. The van der Waals surface area contributed by atoms with E-state index in [-0.39, 0.29) is 11.5 Å². The van der Waals surface area contributed by atoms with Gasteiger partial charge in [0, 0.05) is 22.6 Å². The molecule has 1 aliphatic heterocycles. The molecule has 2 heterocycles. The zero-order valence-corrected chi connectivity index (χ0v) is 13.0. The normalized spacial score (nSPS) is 19.0. The van der Waals surface area contributed by atoms with Crippen LogP contribution in [0, 0.1) is 12.7 Å². The summed E-state index contributed by atoms with van der Waals surface area (Å²) in [6.45, 7) is 1.71. The molecule has 6 heteroatoms. The highest BCUT2D eigenvalue weighted by Crippen LogP contribution is 2.43. The van der Waals surface area contributed by atoms with Crippen LogP contribution in [-0.4, -0.2) is 22.0 Å². The topological polar surface area (TPSA) is 82.2 Å². The first-order valence-electron chi connectivity index (χ1n) is 7.77. The number of fused-ring (bicyclic) bond motifs is 2. The summed E-state index contributed by atoms with van der Waals surface area (Å²) in [6, 6.07) is 4.20. The van der Waals surface area contributed by atoms with E-state index in [9.17, 15) is 19.1 Å². The number of carbonyl (C=O) groups is 2. The van der Waals surface area contributed by atoms with Gasteiger partial charge in [-0.2, -0.15) is 0 Å². The molecule has 0 atom stereocenters. The maximum atomic E-state index is 13.7. The number of rotatable bonds is 1. The van der Waals surface area contributed by atoms with Gasteiger partial charge in [0.1, 0.15) is 5.82 Å². The fourth-order valence-corrected chi connectivity index (χ4v) is 3.73. The lowest BCUT2D eigenvalue weighted by atomic mass is 9.86. The molecule has 0 fully saturated rings. The largest absolute Gasteiger partial charge is 0.478 e. The van der Waals surface area contributed by atoms with Crippen LogP contribution in [0.15, 0.2) is 18.2 Å². The molecule has 0 unspecified atom stereocenters. The van der Waals surface area contributed by atoms with Crippen LogP contribution in [0.3, 0.4) is 0 Å². The van der Waals surface area contributed by atoms with Gasteiger partial charge < -0.3 is 15.4 Å². The number of aromatic amines is 1. The molecule has 0 spiro atoms. The summed E-state index contributed by atoms with van der Waals surface area (Å²) in [4.78, 5) is 27.1. The number of hydrogen-bond acceptors (Lipinski definition) is 2. The standard InChI is InChI=1S/C18H15FN2O3/c1-8-14(18(23)24)10-3-2-4-11(16(10)20-8)15-12-7-9(19)5-6-13(12)21-17(15)22/h5-7,20H,2-4H2,1H3,(H,21,22)(H,23,24). The van der Waals surface area contributed by atoms with Gasteiger partial charge in [0.25, 0.3) is 5.91 Å². The quantitative estimate of drug-likeness (QED) is 0.703. The van der Waals surface area contributed by atoms with E-state index in [0.29, 0.717) is 41.1 Å². The molecule has 5 nitrogen and oxygen atoms in total. The van der Waals surface area contributed by atoms with Crippen molar-refractivity contribution >= 4 is 28.7 Å². The molecular formula is C18H15FN2O3. The summed E-state index contributed by atoms with van der Waals surface area (Å²) < 4.78 is 13.7. The first kappa shape index (κ1) is 14.7. The van der Waals surface area contributed by atoms with Crippen molar-refractivity contribution < 1.29 is 19.1 Å². The van der Waals surface area contributed by atoms with Crippen LogP contribution in [0.2, 0.25) is 0 Å². The van der Waals surface area contributed by atoms with Crippen LogP contribution in [-0.2, 0) is 11.2 Å². The number of aromatic nitrogens is 1. The lowest BCUT2D eigenvalue weighted by Crippen LogP contribution is -2.10. The Labute approximate surface area is 137 Å². The van der Waals surface area contributed by atoms with Crippen LogP contribution in [0.5, 0.6) is 0 Å². The number of anilines is 1. The van der Waals surface area contributed by atoms with Gasteiger partial charge in [0.2, 0.25) is 0 Å². The Hall–Kier alpha value is -2.89. The fraction of sp³-hybridized carbons (Fsp3) is 0.222. The fourth-order valence-electron chi connectivity index (χ4n) is 3.73. The zero-order valence-electron chi connectivity index (χ0n) is 13.0. The van der Waals surface area contributed by atoms with E-state index in [2.05, 4.69) is 10.3 Å². The van der Waals surface area contributed by atoms with Crippen molar-refractivity contribution in [2.75, 3.05) is 5.32 Å². The van der Waals surface area contributed by atoms with Gasteiger partial charge in [-0.25, -0.2) is 9.18 Å². The number of carbonyl (C=O) groups excluding carboxylic acids is 1. The van der Waals surface area contributed by atoms with E-state index < -0.39 is 11.8 Å². The van der Waals surface area contributed by atoms with Crippen molar-refractivity contribution in [3.05, 3.63) is 52.1 Å². The van der Waals surface area contributed by atoms with Crippen LogP contribution >= 0.6 is 0 Å². The van der Waals surface area contributed by atoms with E-state index in [4.69, 9.17) is 0 Å². The number of aromatic carboxylic acids is 1. The van der Waals surface area contributed by atoms with Crippen molar-refractivity contribution in [2.24, 2.45) is 0 Å². The summed E-state index contributed by atoms with van der Waals surface area (Å²) >= 11 is 0. The Morgan fingerprint density at radius 2 is 2.08 bits per heavy atom. The van der Waals surface area contributed by atoms with E-state index in [1.165, 1.54) is 12.1 Å². The maximum Gasteiger partial charge on any atom is 0.337 e. The van der Waals surface area contributed by atoms with Gasteiger partial charge in [0.05, 0.1) is 11.1 Å². The zero-order chi connectivity index (χ0) is 17.0. The summed E-state index contributed by atoms with van der Waals surface area (Å²) in [6.07, 6.45) is 2.04. The molecule has 1 aliphatic carbocycles. The number of aryl methyl sites for hydroxylation is 1. The van der Waals surface area contributed by atoms with Gasteiger partial charge >= 0.3 is 5.97 Å². The Balaban J connectivity index is 1.99. The molecule has 1 amide bonds. The van der Waals surface area contributed by atoms with E-state index >= 15 is 0 Å². The van der Waals surface area contributed by atoms with Crippen LogP contribution in [0.4, 0.5) is 10.1 Å². The summed E-state index contributed by atoms with van der Waals surface area (Å²) in [7, 11) is 0. The molecule has 3 N–H and O–H groups in total. The monoisotopic (exact) mass is 326 g/mol. The Morgan fingerprint density at radius 3 is 2.83 bits per heavy atom. The summed E-state index contributed by atoms with van der Waals surface area (Å²) in [5, 5.41) is 12.2. The average Bonchev–Trinajstić information content (AvgIpc) is 3.02. The minimum atomic E-state index is -0.974. The predicted molar refractivity (Wildman–Crippen MR) is 87.3 cm³/mol. The van der Waals surface area contributed by atoms with Gasteiger partial charge in [-0.05, 0) is 55.5 Å². The average molecular weight is 326 g/mol. The third-order valence-electron chi connectivity index (χ3n) is 4.69. The first-order chi connectivity index (χ1) is 11.5. The lowest BCUT2D eigenvalue weighted by Gasteiger charge is -2.18. The van der Waals surface area contributed by atoms with Gasteiger partial charge in [-0.3, -0.25) is 4.79 Å². The Bertz CT molecular complexity index is 940. The predicted octanol–water partition coefficient (Wildman–Crippen LogP) is 3.36. The molecular weight excluding hydrogens is 311 g/mol. The second-order valence-corrected chi connectivity index (χ2v) is 6.13. The number of hydrogen-bond donors (Lipinski definition) is 3. The van der Waals surface area contributed by atoms with Gasteiger partial charge in [-0.15, -0.1) is 0 Å². The van der Waals surface area contributed by atoms with Gasteiger partial charge in [-0.1, -0.05) is 0 Å². The molecule has 1 aromatic heterocycles. The third kappa shape index (κ3) is 1.99. The van der Waals surface area contributed by atoms with E-state index in [0.717, 1.165) is 17.6 Å². The molecule has 24 heavy (non-hydrogen) atoms. The molecule has 122 valence electrons. The number of nitrogens with one attached hydrogen (secondary N) is 2. The first-order valence-corrected chi connectivity index (χ1v) is 7.77. The molecule has 2 aliphatic rings. The molecule has 0 radical (unpaired) electrons. The maximum absolute atomic E-state index is 13.7. The lowest BCUT2D eigenvalue weighted by molar-refractivity contribution is -0.110. The van der Waals surface area contributed by atoms with Gasteiger partial charge in [0.15, 0.2) is 0 Å². The Kier molecular flexibility index (Phi) is 3.09. The number of benzene rings is 1. The summed E-state index contributed by atoms with van der Waals surface area (Å²) in [5.41, 5.74) is 4.58. The molecule has 4 rings (SSSR count). The van der Waals surface area contributed by atoms with Crippen molar-refractivity contribution in [2.45, 2.75) is 26.2 Å². The van der Waals surface area contributed by atoms with E-state index in [1.807, 2.05) is 0 Å². The number of allylic oxidation sites excluding steroid dienone is 1. The van der Waals surface area contributed by atoms with Crippen molar-refractivity contribution in [1.82, 2.24) is 4.98 Å². The number of amides is 1. The van der Waals surface area contributed by atoms with Crippen LogP contribution < -0.4 is 5.32 Å². The second kappa shape index (κ2) is 5.06. The number of carboxylic acid groups (broad SMARTS) is 1. The van der Waals surface area contributed by atoms with E-state index in [1.54, 1.807) is 13.0 Å². The smallest absolute Gasteiger partial charge is 0.337 e. The number of carboxylic acids is 1. The SMILES string of the molecule is Cc1[nH]c2c(c1C(=O)O)CCCC2=C1C(=O)Nc2ccc(F)cc21. The summed E-state index contributed by atoms with van der Waals surface area (Å²) in [5.74, 6) is -1.66. The minimum Gasteiger partial charge on any atom is -0.478 e. The molecule has 0 saturated carbocycles.